The van der Waals surface area contributed by atoms with Gasteiger partial charge in [0.15, 0.2) is 0 Å². The van der Waals surface area contributed by atoms with E-state index in [9.17, 15) is 14.7 Å². The van der Waals surface area contributed by atoms with Crippen LogP contribution in [0, 0.1) is 0 Å². The van der Waals surface area contributed by atoms with Crippen LogP contribution in [0.1, 0.15) is 22.7 Å². The molecule has 1 aliphatic rings. The van der Waals surface area contributed by atoms with Gasteiger partial charge in [-0.2, -0.15) is 0 Å². The van der Waals surface area contributed by atoms with Crippen molar-refractivity contribution in [3.05, 3.63) is 107 Å². The Morgan fingerprint density at radius 3 is 2.13 bits per heavy atom. The average Bonchev–Trinajstić information content (AvgIpc) is 3.08. The smallest absolute Gasteiger partial charge is 0.295 e. The zero-order valence-corrected chi connectivity index (χ0v) is 17.2. The van der Waals surface area contributed by atoms with Crippen molar-refractivity contribution in [1.82, 2.24) is 4.90 Å². The Morgan fingerprint density at radius 2 is 1.52 bits per heavy atom. The largest absolute Gasteiger partial charge is 0.507 e. The monoisotopic (exact) mass is 413 g/mol. The lowest BCUT2D eigenvalue weighted by atomic mass is 9.95. The maximum absolute atomic E-state index is 13.0. The molecule has 0 aliphatic carbocycles. The molecule has 1 fully saturated rings. The van der Waals surface area contributed by atoms with E-state index in [0.717, 1.165) is 11.1 Å². The van der Waals surface area contributed by atoms with E-state index in [-0.39, 0.29) is 11.3 Å². The van der Waals surface area contributed by atoms with E-state index >= 15 is 0 Å². The van der Waals surface area contributed by atoms with Crippen molar-refractivity contribution < 1.29 is 19.4 Å². The first-order chi connectivity index (χ1) is 15.1. The summed E-state index contributed by atoms with van der Waals surface area (Å²) in [7, 11) is 1.58. The van der Waals surface area contributed by atoms with Crippen LogP contribution in [0.2, 0.25) is 0 Å². The number of hydrogen-bond acceptors (Lipinski definition) is 4. The second-order valence-electron chi connectivity index (χ2n) is 7.37. The Hall–Kier alpha value is -3.86. The number of ether oxygens (including phenoxy) is 1. The molecule has 1 aliphatic heterocycles. The molecule has 1 heterocycles. The van der Waals surface area contributed by atoms with Crippen LogP contribution in [-0.4, -0.2) is 35.4 Å². The van der Waals surface area contributed by atoms with Crippen molar-refractivity contribution in [1.29, 1.82) is 0 Å². The predicted molar refractivity (Wildman–Crippen MR) is 119 cm³/mol. The second-order valence-corrected chi connectivity index (χ2v) is 7.37. The van der Waals surface area contributed by atoms with Gasteiger partial charge in [0.1, 0.15) is 11.5 Å². The summed E-state index contributed by atoms with van der Waals surface area (Å²) in [6.07, 6.45) is 0.603. The van der Waals surface area contributed by atoms with Crippen LogP contribution in [0.5, 0.6) is 5.75 Å². The normalized spacial score (nSPS) is 17.7. The predicted octanol–water partition coefficient (Wildman–Crippen LogP) is 4.36. The third-order valence-corrected chi connectivity index (χ3v) is 5.50. The minimum atomic E-state index is -0.671. The van der Waals surface area contributed by atoms with Gasteiger partial charge < -0.3 is 14.7 Å². The molecule has 0 spiro atoms. The Labute approximate surface area is 181 Å². The average molecular weight is 413 g/mol. The van der Waals surface area contributed by atoms with Crippen LogP contribution in [-0.2, 0) is 16.0 Å². The summed E-state index contributed by atoms with van der Waals surface area (Å²) in [5.41, 5.74) is 2.42. The Morgan fingerprint density at radius 1 is 0.903 bits per heavy atom. The van der Waals surface area contributed by atoms with Gasteiger partial charge in [0.05, 0.1) is 18.7 Å². The molecule has 3 aromatic rings. The zero-order chi connectivity index (χ0) is 21.8. The summed E-state index contributed by atoms with van der Waals surface area (Å²) in [6.45, 7) is 0.358. The number of likely N-dealkylation sites (tertiary alicyclic amines) is 1. The molecule has 1 N–H and O–H groups in total. The lowest BCUT2D eigenvalue weighted by molar-refractivity contribution is -0.139. The Balaban J connectivity index is 1.77. The molecule has 1 amide bonds. The molecule has 3 aromatic carbocycles. The highest BCUT2D eigenvalue weighted by atomic mass is 16.5. The van der Waals surface area contributed by atoms with Crippen LogP contribution in [0.15, 0.2) is 90.5 Å². The summed E-state index contributed by atoms with van der Waals surface area (Å²) >= 11 is 0. The number of hydrogen-bond donors (Lipinski definition) is 1. The van der Waals surface area contributed by atoms with E-state index in [1.807, 2.05) is 48.5 Å². The molecule has 0 unspecified atom stereocenters. The van der Waals surface area contributed by atoms with Crippen molar-refractivity contribution in [3.8, 4) is 5.75 Å². The fraction of sp³-hybridized carbons (Fsp3) is 0.154. The number of carbonyl (C=O) groups excluding carboxylic acids is 2. The number of benzene rings is 3. The molecule has 1 atom stereocenters. The number of aliphatic hydroxyl groups excluding tert-OH is 1. The number of rotatable bonds is 6. The molecule has 156 valence electrons. The van der Waals surface area contributed by atoms with E-state index < -0.39 is 17.7 Å². The maximum Gasteiger partial charge on any atom is 0.295 e. The third kappa shape index (κ3) is 4.08. The van der Waals surface area contributed by atoms with Crippen molar-refractivity contribution in [2.24, 2.45) is 0 Å². The first kappa shape index (κ1) is 20.4. The highest BCUT2D eigenvalue weighted by Crippen LogP contribution is 2.39. The first-order valence-electron chi connectivity index (χ1n) is 10.1. The highest BCUT2D eigenvalue weighted by Gasteiger charge is 2.45. The van der Waals surface area contributed by atoms with E-state index in [1.54, 1.807) is 48.4 Å². The molecule has 31 heavy (non-hydrogen) atoms. The molecule has 1 saturated heterocycles. The van der Waals surface area contributed by atoms with Gasteiger partial charge in [0, 0.05) is 12.1 Å². The number of amides is 1. The van der Waals surface area contributed by atoms with E-state index in [4.69, 9.17) is 4.74 Å². The van der Waals surface area contributed by atoms with E-state index in [2.05, 4.69) is 0 Å². The molecule has 5 heteroatoms. The quantitative estimate of drug-likeness (QED) is 0.370. The Kier molecular flexibility index (Phi) is 5.85. The van der Waals surface area contributed by atoms with Crippen molar-refractivity contribution in [2.45, 2.75) is 12.5 Å². The number of methoxy groups -OCH3 is 1. The van der Waals surface area contributed by atoms with Gasteiger partial charge in [0.25, 0.3) is 11.7 Å². The SMILES string of the molecule is COc1ccc([C@@H]2/C(=C(\O)c3ccccc3)C(=O)C(=O)N2CCc2ccccc2)cc1. The van der Waals surface area contributed by atoms with Gasteiger partial charge in [-0.25, -0.2) is 0 Å². The van der Waals surface area contributed by atoms with Gasteiger partial charge in [-0.05, 0) is 29.7 Å². The van der Waals surface area contributed by atoms with Gasteiger partial charge >= 0.3 is 0 Å². The van der Waals surface area contributed by atoms with Gasteiger partial charge in [-0.1, -0.05) is 72.8 Å². The molecular weight excluding hydrogens is 390 g/mol. The van der Waals surface area contributed by atoms with Gasteiger partial charge in [-0.15, -0.1) is 0 Å². The maximum atomic E-state index is 13.0. The topological polar surface area (TPSA) is 66.8 Å². The number of aliphatic hydroxyl groups is 1. The fourth-order valence-corrected chi connectivity index (χ4v) is 3.89. The molecule has 0 saturated carbocycles. The molecule has 0 bridgehead atoms. The molecular formula is C26H23NO4. The minimum Gasteiger partial charge on any atom is -0.507 e. The van der Waals surface area contributed by atoms with Crippen molar-refractivity contribution in [3.63, 3.8) is 0 Å². The summed E-state index contributed by atoms with van der Waals surface area (Å²) in [6, 6.07) is 25.2. The first-order valence-corrected chi connectivity index (χ1v) is 10.1. The van der Waals surface area contributed by atoms with E-state index in [0.29, 0.717) is 24.3 Å². The lowest BCUT2D eigenvalue weighted by Crippen LogP contribution is -2.31. The van der Waals surface area contributed by atoms with Crippen LogP contribution in [0.25, 0.3) is 5.76 Å². The molecule has 4 rings (SSSR count). The standard InChI is InChI=1S/C26H23NO4/c1-31-21-14-12-19(13-15-21)23-22(24(28)20-10-6-3-7-11-20)25(29)26(30)27(23)17-16-18-8-4-2-5-9-18/h2-15,23,28H,16-17H2,1H3/b24-22+/t23-/m1/s1. The van der Waals surface area contributed by atoms with Crippen LogP contribution >= 0.6 is 0 Å². The number of carbonyl (C=O) groups is 2. The number of Topliss-reactive ketones (excluding diaryl/α,β-unsaturated/α-hetero) is 1. The summed E-state index contributed by atoms with van der Waals surface area (Å²) in [5.74, 6) is -0.764. The minimum absolute atomic E-state index is 0.106. The lowest BCUT2D eigenvalue weighted by Gasteiger charge is -2.25. The third-order valence-electron chi connectivity index (χ3n) is 5.50. The van der Waals surface area contributed by atoms with Crippen LogP contribution < -0.4 is 4.74 Å². The second kappa shape index (κ2) is 8.88. The highest BCUT2D eigenvalue weighted by molar-refractivity contribution is 6.46. The fourth-order valence-electron chi connectivity index (χ4n) is 3.89. The summed E-state index contributed by atoms with van der Waals surface area (Å²) < 4.78 is 5.24. The summed E-state index contributed by atoms with van der Waals surface area (Å²) in [5, 5.41) is 11.0. The summed E-state index contributed by atoms with van der Waals surface area (Å²) in [4.78, 5) is 27.5. The van der Waals surface area contributed by atoms with Gasteiger partial charge in [-0.3, -0.25) is 9.59 Å². The Bertz CT molecular complexity index is 1110. The number of ketones is 1. The van der Waals surface area contributed by atoms with Crippen LogP contribution in [0.4, 0.5) is 0 Å². The van der Waals surface area contributed by atoms with Crippen molar-refractivity contribution in [2.75, 3.05) is 13.7 Å². The number of nitrogens with zero attached hydrogens (tertiary/aromatic N) is 1. The zero-order valence-electron chi connectivity index (χ0n) is 17.2. The van der Waals surface area contributed by atoms with E-state index in [1.165, 1.54) is 0 Å². The molecule has 0 aromatic heterocycles. The van der Waals surface area contributed by atoms with Crippen LogP contribution in [0.3, 0.4) is 0 Å². The van der Waals surface area contributed by atoms with Gasteiger partial charge in [0.2, 0.25) is 0 Å². The molecule has 5 nitrogen and oxygen atoms in total. The molecule has 0 radical (unpaired) electrons. The van der Waals surface area contributed by atoms with Crippen molar-refractivity contribution >= 4 is 17.4 Å².